The second-order valence-corrected chi connectivity index (χ2v) is 7.97. The van der Waals surface area contributed by atoms with Crippen LogP contribution in [0.25, 0.3) is 0 Å². The van der Waals surface area contributed by atoms with Gasteiger partial charge in [0.15, 0.2) is 0 Å². The molecule has 0 saturated heterocycles. The van der Waals surface area contributed by atoms with Gasteiger partial charge in [-0.15, -0.1) is 0 Å². The molecule has 1 amide bonds. The number of benzene rings is 1. The summed E-state index contributed by atoms with van der Waals surface area (Å²) in [5.41, 5.74) is 18.2. The first-order valence-corrected chi connectivity index (χ1v) is 11.2. The molecule has 0 aliphatic carbocycles. The third kappa shape index (κ3) is 12.2. The lowest BCUT2D eigenvalue weighted by Gasteiger charge is -2.22. The highest BCUT2D eigenvalue weighted by atomic mass is 16.5. The van der Waals surface area contributed by atoms with Crippen molar-refractivity contribution in [2.45, 2.75) is 70.3 Å². The number of carboxylic acids is 1. The molecule has 0 aromatic heterocycles. The predicted molar refractivity (Wildman–Crippen MR) is 125 cm³/mol. The quantitative estimate of drug-likeness (QED) is 0.129. The standard InChI is InChI=1S/C23H39N5O4/c24-16-19(17-32-20-12-10-18(11-13-20)15-21(25)23(26)31)28(27)14-8-6-4-2-1-3-5-7-9-22(29)30/h10-13,16,21H,1-9,14-15,17,24-25,27H2,(H2,26,31)(H,29,30)/b19-16-. The van der Waals surface area contributed by atoms with Crippen LogP contribution < -0.4 is 27.8 Å². The lowest BCUT2D eigenvalue weighted by atomic mass is 10.1. The first-order valence-electron chi connectivity index (χ1n) is 11.2. The topological polar surface area (TPSA) is 171 Å². The van der Waals surface area contributed by atoms with Gasteiger partial charge in [-0.05, 0) is 37.0 Å². The molecule has 1 atom stereocenters. The number of carbonyl (C=O) groups is 2. The molecule has 1 unspecified atom stereocenters. The Kier molecular flexibility index (Phi) is 13.6. The summed E-state index contributed by atoms with van der Waals surface area (Å²) in [5.74, 6) is 5.54. The molecule has 1 rings (SSSR count). The van der Waals surface area contributed by atoms with Crippen LogP contribution in [0.5, 0.6) is 5.75 Å². The lowest BCUT2D eigenvalue weighted by molar-refractivity contribution is -0.137. The van der Waals surface area contributed by atoms with Crippen LogP contribution >= 0.6 is 0 Å². The van der Waals surface area contributed by atoms with Crippen LogP contribution in [0.15, 0.2) is 36.2 Å². The zero-order valence-corrected chi connectivity index (χ0v) is 18.9. The van der Waals surface area contributed by atoms with E-state index in [1.165, 1.54) is 6.20 Å². The molecule has 0 fully saturated rings. The SMILES string of the molecule is N/C=C(/COc1ccc(CC(N)C(N)=O)cc1)N(N)CCCCCCCCCCC(=O)O. The average molecular weight is 450 g/mol. The molecular formula is C23H39N5O4. The summed E-state index contributed by atoms with van der Waals surface area (Å²) in [6, 6.07) is 6.59. The number of unbranched alkanes of at least 4 members (excludes halogenated alkanes) is 7. The van der Waals surface area contributed by atoms with E-state index in [0.29, 0.717) is 24.4 Å². The maximum absolute atomic E-state index is 11.1. The van der Waals surface area contributed by atoms with Gasteiger partial charge in [0.05, 0.1) is 11.7 Å². The van der Waals surface area contributed by atoms with E-state index in [1.807, 2.05) is 12.1 Å². The third-order valence-corrected chi connectivity index (χ3v) is 5.23. The maximum Gasteiger partial charge on any atom is 0.303 e. The molecule has 0 bridgehead atoms. The molecule has 180 valence electrons. The third-order valence-electron chi connectivity index (χ3n) is 5.23. The van der Waals surface area contributed by atoms with Crippen LogP contribution in [-0.2, 0) is 16.0 Å². The van der Waals surface area contributed by atoms with Gasteiger partial charge in [-0.3, -0.25) is 9.59 Å². The number of nitrogens with two attached hydrogens (primary N) is 4. The van der Waals surface area contributed by atoms with Crippen LogP contribution in [0, 0.1) is 0 Å². The molecule has 0 aliphatic rings. The molecule has 1 aromatic rings. The molecule has 0 saturated carbocycles. The van der Waals surface area contributed by atoms with Crippen molar-refractivity contribution in [1.29, 1.82) is 0 Å². The molecule has 0 spiro atoms. The minimum Gasteiger partial charge on any atom is -0.487 e. The number of primary amides is 1. The summed E-state index contributed by atoms with van der Waals surface area (Å²) < 4.78 is 5.76. The minimum atomic E-state index is -0.715. The van der Waals surface area contributed by atoms with Crippen molar-refractivity contribution in [3.05, 3.63) is 41.7 Å². The molecule has 9 N–H and O–H groups in total. The van der Waals surface area contributed by atoms with Crippen LogP contribution in [0.3, 0.4) is 0 Å². The highest BCUT2D eigenvalue weighted by Crippen LogP contribution is 2.15. The van der Waals surface area contributed by atoms with E-state index in [4.69, 9.17) is 32.9 Å². The van der Waals surface area contributed by atoms with E-state index in [9.17, 15) is 9.59 Å². The fourth-order valence-electron chi connectivity index (χ4n) is 3.22. The Morgan fingerprint density at radius 2 is 1.56 bits per heavy atom. The zero-order chi connectivity index (χ0) is 23.8. The number of ether oxygens (including phenoxy) is 1. The Morgan fingerprint density at radius 3 is 2.09 bits per heavy atom. The van der Waals surface area contributed by atoms with Gasteiger partial charge < -0.3 is 32.1 Å². The van der Waals surface area contributed by atoms with Gasteiger partial charge in [0.2, 0.25) is 5.91 Å². The summed E-state index contributed by atoms with van der Waals surface area (Å²) in [5, 5.41) is 10.2. The molecular weight excluding hydrogens is 410 g/mol. The normalized spacial score (nSPS) is 12.4. The number of rotatable bonds is 18. The number of nitrogens with zero attached hydrogens (tertiary/aromatic N) is 1. The number of amides is 1. The maximum atomic E-state index is 11.1. The number of hydrogen-bond donors (Lipinski definition) is 5. The Labute approximate surface area is 190 Å². The number of hydrogen-bond acceptors (Lipinski definition) is 7. The molecule has 0 heterocycles. The van der Waals surface area contributed by atoms with Crippen molar-refractivity contribution in [3.63, 3.8) is 0 Å². The van der Waals surface area contributed by atoms with Crippen molar-refractivity contribution in [2.75, 3.05) is 13.2 Å². The fourth-order valence-corrected chi connectivity index (χ4v) is 3.22. The molecule has 32 heavy (non-hydrogen) atoms. The van der Waals surface area contributed by atoms with Gasteiger partial charge in [-0.1, -0.05) is 50.7 Å². The highest BCUT2D eigenvalue weighted by Gasteiger charge is 2.10. The Hall–Kier alpha value is -2.78. The van der Waals surface area contributed by atoms with E-state index in [-0.39, 0.29) is 13.0 Å². The van der Waals surface area contributed by atoms with Gasteiger partial charge in [0.25, 0.3) is 0 Å². The van der Waals surface area contributed by atoms with Crippen molar-refractivity contribution in [1.82, 2.24) is 5.01 Å². The summed E-state index contributed by atoms with van der Waals surface area (Å²) in [6.07, 6.45) is 10.4. The number of carbonyl (C=O) groups excluding carboxylic acids is 1. The first-order chi connectivity index (χ1) is 15.3. The van der Waals surface area contributed by atoms with E-state index >= 15 is 0 Å². The lowest BCUT2D eigenvalue weighted by Crippen LogP contribution is -2.38. The smallest absolute Gasteiger partial charge is 0.303 e. The molecule has 9 heteroatoms. The van der Waals surface area contributed by atoms with E-state index in [0.717, 1.165) is 56.9 Å². The van der Waals surface area contributed by atoms with Gasteiger partial charge in [-0.25, -0.2) is 5.84 Å². The second-order valence-electron chi connectivity index (χ2n) is 7.97. The second kappa shape index (κ2) is 15.9. The molecule has 1 aromatic carbocycles. The first kappa shape index (κ1) is 27.3. The van der Waals surface area contributed by atoms with Gasteiger partial charge in [0, 0.05) is 19.2 Å². The van der Waals surface area contributed by atoms with Crippen LogP contribution in [0.1, 0.15) is 63.4 Å². The van der Waals surface area contributed by atoms with Gasteiger partial charge in [-0.2, -0.15) is 0 Å². The average Bonchev–Trinajstić information content (AvgIpc) is 2.76. The van der Waals surface area contributed by atoms with Crippen LogP contribution in [0.4, 0.5) is 0 Å². The van der Waals surface area contributed by atoms with Crippen molar-refractivity contribution in [2.24, 2.45) is 23.0 Å². The van der Waals surface area contributed by atoms with E-state index in [1.54, 1.807) is 17.1 Å². The van der Waals surface area contributed by atoms with Crippen LogP contribution in [-0.4, -0.2) is 41.2 Å². The number of aliphatic carboxylic acids is 1. The Bertz CT molecular complexity index is 709. The number of carboxylic acid groups (broad SMARTS) is 1. The van der Waals surface area contributed by atoms with Crippen LogP contribution in [0.2, 0.25) is 0 Å². The summed E-state index contributed by atoms with van der Waals surface area (Å²) >= 11 is 0. The highest BCUT2D eigenvalue weighted by molar-refractivity contribution is 5.79. The fraction of sp³-hybridized carbons (Fsp3) is 0.565. The summed E-state index contributed by atoms with van der Waals surface area (Å²) in [7, 11) is 0. The minimum absolute atomic E-state index is 0.253. The molecule has 0 radical (unpaired) electrons. The van der Waals surface area contributed by atoms with E-state index in [2.05, 4.69) is 0 Å². The zero-order valence-electron chi connectivity index (χ0n) is 18.9. The van der Waals surface area contributed by atoms with Gasteiger partial charge in [0.1, 0.15) is 12.4 Å². The van der Waals surface area contributed by atoms with Crippen molar-refractivity contribution >= 4 is 11.9 Å². The van der Waals surface area contributed by atoms with Crippen molar-refractivity contribution < 1.29 is 19.4 Å². The Morgan fingerprint density at radius 1 is 1.00 bits per heavy atom. The van der Waals surface area contributed by atoms with Gasteiger partial charge >= 0.3 is 5.97 Å². The summed E-state index contributed by atoms with van der Waals surface area (Å²) in [6.45, 7) is 0.943. The van der Waals surface area contributed by atoms with Crippen molar-refractivity contribution in [3.8, 4) is 5.75 Å². The Balaban J connectivity index is 2.20. The summed E-state index contributed by atoms with van der Waals surface area (Å²) in [4.78, 5) is 21.5. The number of hydrazine groups is 1. The monoisotopic (exact) mass is 449 g/mol. The van der Waals surface area contributed by atoms with E-state index < -0.39 is 17.9 Å². The largest absolute Gasteiger partial charge is 0.487 e. The predicted octanol–water partition coefficient (Wildman–Crippen LogP) is 1.99. The molecule has 9 nitrogen and oxygen atoms in total. The molecule has 0 aliphatic heterocycles.